The summed E-state index contributed by atoms with van der Waals surface area (Å²) in [5.41, 5.74) is 0.798. The largest absolute Gasteiger partial charge is 0.490 e. The van der Waals surface area contributed by atoms with Crippen LogP contribution in [0, 0.1) is 0 Å². The molecule has 1 aromatic carbocycles. The Morgan fingerprint density at radius 2 is 1.97 bits per heavy atom. The van der Waals surface area contributed by atoms with E-state index < -0.39 is 5.97 Å². The molecule has 8 heteroatoms. The van der Waals surface area contributed by atoms with Crippen LogP contribution < -0.4 is 9.47 Å². The number of carboxylic acids is 1. The van der Waals surface area contributed by atoms with Gasteiger partial charge in [0.05, 0.1) is 24.0 Å². The molecule has 1 aliphatic heterocycles. The minimum absolute atomic E-state index is 0.0741. The molecule has 32 heavy (non-hydrogen) atoms. The number of thiocarbonyl (C=S) groups is 1. The number of carbonyl (C=O) groups excluding carboxylic acids is 1. The average Bonchev–Trinajstić information content (AvgIpc) is 3.00. The van der Waals surface area contributed by atoms with Gasteiger partial charge < -0.3 is 14.6 Å². The second-order valence-electron chi connectivity index (χ2n) is 7.75. The Labute approximate surface area is 200 Å². The van der Waals surface area contributed by atoms with Gasteiger partial charge in [-0.25, -0.2) is 0 Å². The number of carboxylic acid groups (broad SMARTS) is 1. The third-order valence-corrected chi connectivity index (χ3v) is 6.41. The summed E-state index contributed by atoms with van der Waals surface area (Å²) in [5.74, 6) is 0.103. The number of hydrogen-bond acceptors (Lipinski definition) is 6. The normalized spacial score (nSPS) is 16.0. The molecule has 1 amide bonds. The van der Waals surface area contributed by atoms with Gasteiger partial charge in [0.1, 0.15) is 4.32 Å². The molecule has 0 spiro atoms. The molecule has 0 unspecified atom stereocenters. The summed E-state index contributed by atoms with van der Waals surface area (Å²) in [6.45, 7) is 6.78. The van der Waals surface area contributed by atoms with Crippen LogP contribution in [0.3, 0.4) is 0 Å². The van der Waals surface area contributed by atoms with Crippen LogP contribution in [-0.4, -0.2) is 45.5 Å². The van der Waals surface area contributed by atoms with Crippen molar-refractivity contribution in [3.05, 3.63) is 28.7 Å². The summed E-state index contributed by atoms with van der Waals surface area (Å²) < 4.78 is 12.3. The Morgan fingerprint density at radius 1 is 1.22 bits per heavy atom. The van der Waals surface area contributed by atoms with E-state index in [0.717, 1.165) is 18.4 Å². The number of nitrogens with zero attached hydrogens (tertiary/aromatic N) is 1. The quantitative estimate of drug-likeness (QED) is 0.203. The van der Waals surface area contributed by atoms with Gasteiger partial charge in [0.25, 0.3) is 5.91 Å². The molecule has 0 saturated carbocycles. The smallest absolute Gasteiger partial charge is 0.305 e. The second-order valence-corrected chi connectivity index (χ2v) is 9.42. The Balaban J connectivity index is 2.06. The van der Waals surface area contributed by atoms with Gasteiger partial charge in [-0.2, -0.15) is 0 Å². The van der Waals surface area contributed by atoms with E-state index in [9.17, 15) is 9.59 Å². The summed E-state index contributed by atoms with van der Waals surface area (Å²) in [6, 6.07) is 5.61. The van der Waals surface area contributed by atoms with E-state index in [1.165, 1.54) is 42.3 Å². The van der Waals surface area contributed by atoms with Crippen LogP contribution in [-0.2, 0) is 9.59 Å². The van der Waals surface area contributed by atoms with Gasteiger partial charge in [0, 0.05) is 6.54 Å². The summed E-state index contributed by atoms with van der Waals surface area (Å²) in [7, 11) is 0. The number of ether oxygens (including phenoxy) is 2. The predicted octanol–water partition coefficient (Wildman–Crippen LogP) is 5.89. The lowest BCUT2D eigenvalue weighted by molar-refractivity contribution is -0.137. The number of benzene rings is 1. The van der Waals surface area contributed by atoms with Gasteiger partial charge in [-0.1, -0.05) is 62.7 Å². The van der Waals surface area contributed by atoms with Crippen molar-refractivity contribution in [3.63, 3.8) is 0 Å². The molecule has 1 atom stereocenters. The number of aliphatic carboxylic acids is 1. The van der Waals surface area contributed by atoms with Gasteiger partial charge in [-0.05, 0) is 50.5 Å². The maximum absolute atomic E-state index is 12.6. The highest BCUT2D eigenvalue weighted by Gasteiger charge is 2.32. The first-order chi connectivity index (χ1) is 15.3. The summed E-state index contributed by atoms with van der Waals surface area (Å²) >= 11 is 6.43. The van der Waals surface area contributed by atoms with Crippen LogP contribution >= 0.6 is 24.0 Å². The summed E-state index contributed by atoms with van der Waals surface area (Å²) in [4.78, 5) is 25.2. The molecule has 1 aliphatic rings. The SMILES string of the molecule is CCCCCCC[C@H](C)Oc1ccc(/C=C2/SC(=S)N(CCC(=O)O)C2=O)cc1OCC. The van der Waals surface area contributed by atoms with Gasteiger partial charge in [0.2, 0.25) is 0 Å². The fourth-order valence-electron chi connectivity index (χ4n) is 3.34. The Hall–Kier alpha value is -2.06. The monoisotopic (exact) mass is 479 g/mol. The fourth-order valence-corrected chi connectivity index (χ4v) is 4.65. The molecule has 1 heterocycles. The maximum atomic E-state index is 12.6. The number of amides is 1. The predicted molar refractivity (Wildman–Crippen MR) is 133 cm³/mol. The molecule has 0 aromatic heterocycles. The van der Waals surface area contributed by atoms with Crippen molar-refractivity contribution >= 4 is 46.3 Å². The molecular weight excluding hydrogens is 446 g/mol. The Kier molecular flexibility index (Phi) is 11.0. The molecule has 0 aliphatic carbocycles. The average molecular weight is 480 g/mol. The number of carbonyl (C=O) groups is 2. The van der Waals surface area contributed by atoms with Crippen molar-refractivity contribution in [2.45, 2.75) is 71.8 Å². The van der Waals surface area contributed by atoms with Crippen LogP contribution in [0.15, 0.2) is 23.1 Å². The van der Waals surface area contributed by atoms with Gasteiger partial charge in [-0.3, -0.25) is 14.5 Å². The number of rotatable bonds is 14. The Bertz CT molecular complexity index is 840. The molecule has 2 rings (SSSR count). The zero-order valence-corrected chi connectivity index (χ0v) is 20.7. The first kappa shape index (κ1) is 26.2. The van der Waals surface area contributed by atoms with Crippen molar-refractivity contribution in [3.8, 4) is 11.5 Å². The van der Waals surface area contributed by atoms with Crippen LogP contribution in [0.2, 0.25) is 0 Å². The highest BCUT2D eigenvalue weighted by atomic mass is 32.2. The molecule has 1 fully saturated rings. The van der Waals surface area contributed by atoms with Crippen molar-refractivity contribution in [2.75, 3.05) is 13.2 Å². The first-order valence-electron chi connectivity index (χ1n) is 11.3. The second kappa shape index (κ2) is 13.5. The fraction of sp³-hybridized carbons (Fsp3) is 0.542. The van der Waals surface area contributed by atoms with Crippen LogP contribution in [0.1, 0.15) is 71.3 Å². The van der Waals surface area contributed by atoms with Crippen molar-refractivity contribution in [1.29, 1.82) is 0 Å². The van der Waals surface area contributed by atoms with E-state index in [0.29, 0.717) is 27.3 Å². The highest BCUT2D eigenvalue weighted by molar-refractivity contribution is 8.26. The highest BCUT2D eigenvalue weighted by Crippen LogP contribution is 2.35. The Morgan fingerprint density at radius 3 is 2.66 bits per heavy atom. The molecule has 0 radical (unpaired) electrons. The van der Waals surface area contributed by atoms with E-state index in [4.69, 9.17) is 26.8 Å². The first-order valence-corrected chi connectivity index (χ1v) is 12.5. The third-order valence-electron chi connectivity index (χ3n) is 5.03. The molecule has 1 aromatic rings. The minimum Gasteiger partial charge on any atom is -0.490 e. The van der Waals surface area contributed by atoms with Crippen LogP contribution in [0.5, 0.6) is 11.5 Å². The van der Waals surface area contributed by atoms with Gasteiger partial charge in [-0.15, -0.1) is 0 Å². The topological polar surface area (TPSA) is 76.1 Å². The molecule has 0 bridgehead atoms. The molecular formula is C24H33NO5S2. The number of hydrogen-bond donors (Lipinski definition) is 1. The van der Waals surface area contributed by atoms with Crippen LogP contribution in [0.4, 0.5) is 0 Å². The molecule has 1 N–H and O–H groups in total. The van der Waals surface area contributed by atoms with E-state index >= 15 is 0 Å². The van der Waals surface area contributed by atoms with Crippen LogP contribution in [0.25, 0.3) is 6.08 Å². The maximum Gasteiger partial charge on any atom is 0.305 e. The van der Waals surface area contributed by atoms with Crippen molar-refractivity contribution in [2.24, 2.45) is 0 Å². The minimum atomic E-state index is -0.963. The van der Waals surface area contributed by atoms with E-state index in [-0.39, 0.29) is 25.0 Å². The van der Waals surface area contributed by atoms with Crippen molar-refractivity contribution in [1.82, 2.24) is 4.90 Å². The lowest BCUT2D eigenvalue weighted by atomic mass is 10.1. The van der Waals surface area contributed by atoms with Gasteiger partial charge in [0.15, 0.2) is 11.5 Å². The molecule has 176 valence electrons. The molecule has 1 saturated heterocycles. The lowest BCUT2D eigenvalue weighted by Gasteiger charge is -2.18. The number of unbranched alkanes of at least 4 members (excludes halogenated alkanes) is 4. The standard InChI is InChI=1S/C24H33NO5S2/c1-4-6-7-8-9-10-17(3)30-19-12-11-18(15-20(19)29-5-2)16-21-23(28)25(24(31)32-21)14-13-22(26)27/h11-12,15-17H,4-10,13-14H2,1-3H3,(H,26,27)/b21-16+/t17-/m0/s1. The third kappa shape index (κ3) is 8.13. The zero-order chi connectivity index (χ0) is 23.5. The van der Waals surface area contributed by atoms with E-state index in [1.54, 1.807) is 6.08 Å². The van der Waals surface area contributed by atoms with E-state index in [1.807, 2.05) is 25.1 Å². The van der Waals surface area contributed by atoms with E-state index in [2.05, 4.69) is 13.8 Å². The van der Waals surface area contributed by atoms with Gasteiger partial charge >= 0.3 is 5.97 Å². The zero-order valence-electron chi connectivity index (χ0n) is 19.1. The number of thioether (sulfide) groups is 1. The summed E-state index contributed by atoms with van der Waals surface area (Å²) in [6.07, 6.45) is 8.86. The molecule has 6 nitrogen and oxygen atoms in total. The van der Waals surface area contributed by atoms with Crippen molar-refractivity contribution < 1.29 is 24.2 Å². The lowest BCUT2D eigenvalue weighted by Crippen LogP contribution is -2.30. The summed E-state index contributed by atoms with van der Waals surface area (Å²) in [5, 5.41) is 8.87.